The molecule has 2 heterocycles. The number of ether oxygens (including phenoxy) is 1. The van der Waals surface area contributed by atoms with E-state index < -0.39 is 0 Å². The van der Waals surface area contributed by atoms with Crippen LogP contribution in [0.5, 0.6) is 0 Å². The van der Waals surface area contributed by atoms with E-state index in [1.54, 1.807) is 0 Å². The van der Waals surface area contributed by atoms with E-state index in [4.69, 9.17) is 9.73 Å². The van der Waals surface area contributed by atoms with Crippen molar-refractivity contribution in [1.82, 2.24) is 20.0 Å². The van der Waals surface area contributed by atoms with Crippen LogP contribution in [0, 0.1) is 11.3 Å². The van der Waals surface area contributed by atoms with E-state index in [0.29, 0.717) is 25.2 Å². The Bertz CT molecular complexity index is 545. The number of nitrogens with one attached hydrogen (secondary N) is 1. The highest BCUT2D eigenvalue weighted by Gasteiger charge is 2.53. The molecule has 7 heteroatoms. The Kier molecular flexibility index (Phi) is 5.88. The minimum atomic E-state index is 0.243. The van der Waals surface area contributed by atoms with E-state index in [2.05, 4.69) is 22.0 Å². The number of piperazine rings is 1. The molecule has 27 heavy (non-hydrogen) atoms. The van der Waals surface area contributed by atoms with Crippen LogP contribution >= 0.6 is 0 Å². The summed E-state index contributed by atoms with van der Waals surface area (Å²) in [6.45, 7) is 11.1. The van der Waals surface area contributed by atoms with Crippen LogP contribution in [-0.2, 0) is 9.53 Å². The van der Waals surface area contributed by atoms with Gasteiger partial charge in [-0.05, 0) is 43.9 Å². The van der Waals surface area contributed by atoms with Gasteiger partial charge in [0.05, 0.1) is 19.8 Å². The van der Waals surface area contributed by atoms with Gasteiger partial charge in [-0.25, -0.2) is 0 Å². The summed E-state index contributed by atoms with van der Waals surface area (Å²) in [6, 6.07) is 0. The summed E-state index contributed by atoms with van der Waals surface area (Å²) < 4.78 is 5.34. The topological polar surface area (TPSA) is 60.4 Å². The van der Waals surface area contributed by atoms with Crippen LogP contribution in [0.2, 0.25) is 0 Å². The molecule has 4 fully saturated rings. The van der Waals surface area contributed by atoms with E-state index in [1.807, 2.05) is 4.90 Å². The predicted octanol–water partition coefficient (Wildman–Crippen LogP) is 0.619. The summed E-state index contributed by atoms with van der Waals surface area (Å²) in [5.41, 5.74) is 0.549. The third-order valence-electron chi connectivity index (χ3n) is 6.61. The van der Waals surface area contributed by atoms with E-state index >= 15 is 0 Å². The number of nitrogens with zero attached hydrogens (tertiary/aromatic N) is 4. The van der Waals surface area contributed by atoms with E-state index in [-0.39, 0.29) is 5.91 Å². The van der Waals surface area contributed by atoms with Gasteiger partial charge < -0.3 is 19.9 Å². The van der Waals surface area contributed by atoms with Gasteiger partial charge in [0.15, 0.2) is 5.96 Å². The van der Waals surface area contributed by atoms with Gasteiger partial charge >= 0.3 is 0 Å². The fourth-order valence-corrected chi connectivity index (χ4v) is 4.43. The van der Waals surface area contributed by atoms with Gasteiger partial charge in [0.25, 0.3) is 0 Å². The van der Waals surface area contributed by atoms with Crippen molar-refractivity contribution in [2.24, 2.45) is 16.3 Å². The van der Waals surface area contributed by atoms with Crippen molar-refractivity contribution in [3.05, 3.63) is 0 Å². The SMILES string of the molecule is CCNC(=NCC1(C2CC2)CC1)N1CCN(CC(=O)N2CCOCC2)CC1. The Morgan fingerprint density at radius 3 is 2.37 bits per heavy atom. The van der Waals surface area contributed by atoms with Crippen molar-refractivity contribution in [3.8, 4) is 0 Å². The number of morpholine rings is 1. The maximum absolute atomic E-state index is 12.5. The average molecular weight is 378 g/mol. The van der Waals surface area contributed by atoms with Gasteiger partial charge in [-0.1, -0.05) is 0 Å². The van der Waals surface area contributed by atoms with Gasteiger partial charge in [0.1, 0.15) is 0 Å². The first-order chi connectivity index (χ1) is 13.2. The molecule has 1 amide bonds. The molecule has 0 unspecified atom stereocenters. The van der Waals surface area contributed by atoms with Crippen molar-refractivity contribution in [2.45, 2.75) is 32.6 Å². The fraction of sp³-hybridized carbons (Fsp3) is 0.900. The van der Waals surface area contributed by atoms with Crippen molar-refractivity contribution < 1.29 is 9.53 Å². The summed E-state index contributed by atoms with van der Waals surface area (Å²) in [5.74, 6) is 2.27. The maximum Gasteiger partial charge on any atom is 0.236 e. The fourth-order valence-electron chi connectivity index (χ4n) is 4.43. The maximum atomic E-state index is 12.5. The molecule has 1 N–H and O–H groups in total. The lowest BCUT2D eigenvalue weighted by atomic mass is 10.0. The second kappa shape index (κ2) is 8.35. The average Bonchev–Trinajstić information content (AvgIpc) is 3.60. The first kappa shape index (κ1) is 19.0. The van der Waals surface area contributed by atoms with Crippen LogP contribution in [0.25, 0.3) is 0 Å². The summed E-state index contributed by atoms with van der Waals surface area (Å²) in [7, 11) is 0. The highest BCUT2D eigenvalue weighted by Crippen LogP contribution is 2.61. The Balaban J connectivity index is 1.25. The summed E-state index contributed by atoms with van der Waals surface area (Å²) in [6.07, 6.45) is 5.58. The molecule has 4 rings (SSSR count). The molecule has 0 aromatic heterocycles. The molecule has 0 atom stereocenters. The van der Waals surface area contributed by atoms with Crippen LogP contribution in [-0.4, -0.2) is 98.7 Å². The number of carbonyl (C=O) groups is 1. The first-order valence-electron chi connectivity index (χ1n) is 10.8. The second-order valence-electron chi connectivity index (χ2n) is 8.56. The van der Waals surface area contributed by atoms with E-state index in [9.17, 15) is 4.79 Å². The van der Waals surface area contributed by atoms with Crippen LogP contribution in [0.3, 0.4) is 0 Å². The molecule has 4 aliphatic rings. The Labute approximate surface area is 163 Å². The second-order valence-corrected chi connectivity index (χ2v) is 8.56. The Morgan fingerprint density at radius 2 is 1.78 bits per heavy atom. The van der Waals surface area contributed by atoms with E-state index in [1.165, 1.54) is 25.7 Å². The number of amides is 1. The molecule has 0 aromatic carbocycles. The normalized spacial score (nSPS) is 26.2. The minimum absolute atomic E-state index is 0.243. The first-order valence-corrected chi connectivity index (χ1v) is 10.8. The lowest BCUT2D eigenvalue weighted by molar-refractivity contribution is -0.136. The monoisotopic (exact) mass is 377 g/mol. The zero-order valence-corrected chi connectivity index (χ0v) is 16.8. The van der Waals surface area contributed by atoms with Crippen molar-refractivity contribution >= 4 is 11.9 Å². The van der Waals surface area contributed by atoms with Crippen LogP contribution in [0.1, 0.15) is 32.6 Å². The number of hydrogen-bond acceptors (Lipinski definition) is 4. The van der Waals surface area contributed by atoms with Crippen molar-refractivity contribution in [3.63, 3.8) is 0 Å². The lowest BCUT2D eigenvalue weighted by Crippen LogP contribution is -2.55. The van der Waals surface area contributed by atoms with E-state index in [0.717, 1.165) is 64.2 Å². The molecule has 2 aliphatic heterocycles. The molecule has 0 aromatic rings. The minimum Gasteiger partial charge on any atom is -0.378 e. The third-order valence-corrected chi connectivity index (χ3v) is 6.61. The summed E-state index contributed by atoms with van der Waals surface area (Å²) >= 11 is 0. The Hall–Kier alpha value is -1.34. The Morgan fingerprint density at radius 1 is 1.07 bits per heavy atom. The van der Waals surface area contributed by atoms with Crippen LogP contribution in [0.15, 0.2) is 4.99 Å². The van der Waals surface area contributed by atoms with Gasteiger partial charge in [-0.15, -0.1) is 0 Å². The number of guanidine groups is 1. The largest absolute Gasteiger partial charge is 0.378 e. The highest BCUT2D eigenvalue weighted by molar-refractivity contribution is 5.80. The third kappa shape index (κ3) is 4.74. The zero-order valence-electron chi connectivity index (χ0n) is 16.8. The number of rotatable bonds is 6. The molecule has 0 spiro atoms. The number of hydrogen-bond donors (Lipinski definition) is 1. The zero-order chi connectivity index (χ0) is 18.7. The molecule has 7 nitrogen and oxygen atoms in total. The number of aliphatic imine (C=N–C) groups is 1. The van der Waals surface area contributed by atoms with Gasteiger partial charge in [-0.2, -0.15) is 0 Å². The molecule has 152 valence electrons. The predicted molar refractivity (Wildman–Crippen MR) is 106 cm³/mol. The lowest BCUT2D eigenvalue weighted by Gasteiger charge is -2.37. The van der Waals surface area contributed by atoms with Crippen LogP contribution < -0.4 is 5.32 Å². The molecule has 2 saturated carbocycles. The molecular weight excluding hydrogens is 342 g/mol. The smallest absolute Gasteiger partial charge is 0.236 e. The van der Waals surface area contributed by atoms with Crippen LogP contribution in [0.4, 0.5) is 0 Å². The summed E-state index contributed by atoms with van der Waals surface area (Å²) in [5, 5.41) is 3.49. The van der Waals surface area contributed by atoms with Gasteiger partial charge in [0.2, 0.25) is 5.91 Å². The highest BCUT2D eigenvalue weighted by atomic mass is 16.5. The van der Waals surface area contributed by atoms with Crippen molar-refractivity contribution in [2.75, 3.05) is 72.1 Å². The van der Waals surface area contributed by atoms with Crippen molar-refractivity contribution in [1.29, 1.82) is 0 Å². The van der Waals surface area contributed by atoms with Gasteiger partial charge in [-0.3, -0.25) is 14.7 Å². The molecule has 0 bridgehead atoms. The quantitative estimate of drug-likeness (QED) is 0.543. The number of carbonyl (C=O) groups excluding carboxylic acids is 1. The molecule has 0 radical (unpaired) electrons. The standard InChI is InChI=1S/C20H35N5O2/c1-2-21-19(22-16-20(5-6-20)17-3-4-17)25-9-7-23(8-10-25)15-18(26)24-11-13-27-14-12-24/h17H,2-16H2,1H3,(H,21,22). The molecule has 2 saturated heterocycles. The molecular formula is C20H35N5O2. The van der Waals surface area contributed by atoms with Gasteiger partial charge in [0, 0.05) is 52.4 Å². The molecule has 2 aliphatic carbocycles. The summed E-state index contributed by atoms with van der Waals surface area (Å²) in [4.78, 5) is 24.1.